The number of allylic oxidation sites excluding steroid dienone is 4. The monoisotopic (exact) mass is 649 g/mol. The molecule has 4 nitrogen and oxygen atoms in total. The number of aliphatic hydroxyl groups excluding tert-OH is 1. The maximum Gasteiger partial charge on any atom is 0.306 e. The van der Waals surface area contributed by atoms with Gasteiger partial charge in [-0.15, -0.1) is 0 Å². The summed E-state index contributed by atoms with van der Waals surface area (Å²) in [5, 5.41) is 9.58. The smallest absolute Gasteiger partial charge is 0.306 e. The van der Waals surface area contributed by atoms with Crippen LogP contribution in [0.2, 0.25) is 0 Å². The van der Waals surface area contributed by atoms with Crippen molar-refractivity contribution >= 4 is 5.97 Å². The van der Waals surface area contributed by atoms with E-state index in [1.165, 1.54) is 173 Å². The molecule has 0 saturated carbocycles. The van der Waals surface area contributed by atoms with Gasteiger partial charge in [-0.2, -0.15) is 0 Å². The Morgan fingerprint density at radius 2 is 0.848 bits per heavy atom. The third kappa shape index (κ3) is 37.3. The first-order chi connectivity index (χ1) is 22.7. The van der Waals surface area contributed by atoms with Gasteiger partial charge in [-0.3, -0.25) is 4.79 Å². The Hall–Kier alpha value is -1.13. The number of carbonyl (C=O) groups excluding carboxylic acids is 1. The van der Waals surface area contributed by atoms with Crippen LogP contribution in [-0.4, -0.2) is 37.0 Å². The van der Waals surface area contributed by atoms with Crippen LogP contribution in [0, 0.1) is 0 Å². The summed E-state index contributed by atoms with van der Waals surface area (Å²) in [4.78, 5) is 12.2. The number of rotatable bonds is 38. The molecule has 0 aromatic heterocycles. The maximum atomic E-state index is 12.2. The van der Waals surface area contributed by atoms with Crippen molar-refractivity contribution in [2.75, 3.05) is 19.8 Å². The highest BCUT2D eigenvalue weighted by molar-refractivity contribution is 5.69. The van der Waals surface area contributed by atoms with Gasteiger partial charge in [-0.1, -0.05) is 167 Å². The summed E-state index contributed by atoms with van der Waals surface area (Å²) in [7, 11) is 0. The Bertz CT molecular complexity index is 644. The van der Waals surface area contributed by atoms with Gasteiger partial charge in [0.1, 0.15) is 6.10 Å². The lowest BCUT2D eigenvalue weighted by molar-refractivity contribution is -0.154. The van der Waals surface area contributed by atoms with Gasteiger partial charge in [-0.25, -0.2) is 0 Å². The molecule has 0 bridgehead atoms. The van der Waals surface area contributed by atoms with Gasteiger partial charge in [0.25, 0.3) is 0 Å². The molecule has 46 heavy (non-hydrogen) atoms. The van der Waals surface area contributed by atoms with Gasteiger partial charge < -0.3 is 14.6 Å². The summed E-state index contributed by atoms with van der Waals surface area (Å²) in [5.41, 5.74) is 0. The van der Waals surface area contributed by atoms with Gasteiger partial charge in [-0.05, 0) is 64.2 Å². The van der Waals surface area contributed by atoms with Crippen molar-refractivity contribution in [3.8, 4) is 0 Å². The molecular formula is C42H80O4. The average molecular weight is 649 g/mol. The zero-order valence-electron chi connectivity index (χ0n) is 31.1. The van der Waals surface area contributed by atoms with Crippen molar-refractivity contribution in [1.29, 1.82) is 0 Å². The first-order valence-corrected chi connectivity index (χ1v) is 20.4. The molecule has 0 aromatic rings. The fourth-order valence-corrected chi connectivity index (χ4v) is 5.91. The van der Waals surface area contributed by atoms with E-state index in [0.29, 0.717) is 19.6 Å². The molecule has 0 aromatic carbocycles. The lowest BCUT2D eigenvalue weighted by atomic mass is 10.1. The Labute approximate surface area is 288 Å². The molecule has 0 rings (SSSR count). The van der Waals surface area contributed by atoms with Crippen LogP contribution in [0.15, 0.2) is 24.3 Å². The summed E-state index contributed by atoms with van der Waals surface area (Å²) in [5.74, 6) is -0.206. The zero-order valence-corrected chi connectivity index (χ0v) is 31.1. The fraction of sp³-hybridized carbons (Fsp3) is 0.881. The minimum Gasteiger partial charge on any atom is -0.457 e. The second-order valence-corrected chi connectivity index (χ2v) is 13.7. The van der Waals surface area contributed by atoms with Crippen LogP contribution in [0.1, 0.15) is 213 Å². The molecule has 0 saturated heterocycles. The number of esters is 1. The zero-order chi connectivity index (χ0) is 33.4. The lowest BCUT2D eigenvalue weighted by Gasteiger charge is -2.15. The van der Waals surface area contributed by atoms with E-state index >= 15 is 0 Å². The topological polar surface area (TPSA) is 55.8 Å². The van der Waals surface area contributed by atoms with Crippen molar-refractivity contribution in [2.24, 2.45) is 0 Å². The van der Waals surface area contributed by atoms with E-state index in [4.69, 9.17) is 9.47 Å². The summed E-state index contributed by atoms with van der Waals surface area (Å²) >= 11 is 0. The van der Waals surface area contributed by atoms with Crippen LogP contribution in [0.3, 0.4) is 0 Å². The van der Waals surface area contributed by atoms with E-state index in [1.54, 1.807) is 0 Å². The van der Waals surface area contributed by atoms with E-state index in [9.17, 15) is 9.90 Å². The molecule has 1 atom stereocenters. The third-order valence-electron chi connectivity index (χ3n) is 9.00. The highest BCUT2D eigenvalue weighted by Gasteiger charge is 2.13. The van der Waals surface area contributed by atoms with Crippen molar-refractivity contribution in [3.05, 3.63) is 24.3 Å². The molecule has 0 spiro atoms. The number of carbonyl (C=O) groups is 1. The van der Waals surface area contributed by atoms with Gasteiger partial charge in [0.05, 0.1) is 13.2 Å². The Balaban J connectivity index is 3.43. The predicted molar refractivity (Wildman–Crippen MR) is 201 cm³/mol. The lowest BCUT2D eigenvalue weighted by Crippen LogP contribution is -2.27. The van der Waals surface area contributed by atoms with Crippen LogP contribution in [-0.2, 0) is 14.3 Å². The highest BCUT2D eigenvalue weighted by Crippen LogP contribution is 2.13. The molecule has 0 aliphatic heterocycles. The van der Waals surface area contributed by atoms with Gasteiger partial charge in [0.2, 0.25) is 0 Å². The van der Waals surface area contributed by atoms with Crippen molar-refractivity contribution < 1.29 is 19.4 Å². The third-order valence-corrected chi connectivity index (χ3v) is 9.00. The molecule has 0 amide bonds. The van der Waals surface area contributed by atoms with Crippen LogP contribution in [0.25, 0.3) is 0 Å². The van der Waals surface area contributed by atoms with E-state index in [-0.39, 0.29) is 12.6 Å². The SMILES string of the molecule is CCCCCCCC/C=C\CCCCCCCCCC(=O)OC(CO)COCCCCCCCC/C=C\CCCCCCCCC. The molecule has 0 radical (unpaired) electrons. The first-order valence-electron chi connectivity index (χ1n) is 20.4. The van der Waals surface area contributed by atoms with Crippen LogP contribution < -0.4 is 0 Å². The van der Waals surface area contributed by atoms with Crippen LogP contribution >= 0.6 is 0 Å². The average Bonchev–Trinajstić information content (AvgIpc) is 3.06. The standard InChI is InChI=1S/C42H80O4/c1-3-5-7-9-11-13-15-17-19-21-23-25-27-29-31-33-35-37-42(44)46-41(39-43)40-45-38-36-34-32-30-28-26-24-22-20-18-16-14-12-10-8-6-4-2/h17,19-20,22,41,43H,3-16,18,21,23-40H2,1-2H3/b19-17-,22-20-. The second-order valence-electron chi connectivity index (χ2n) is 13.7. The number of aliphatic hydroxyl groups is 1. The second kappa shape index (κ2) is 40.0. The maximum absolute atomic E-state index is 12.2. The quantitative estimate of drug-likeness (QED) is 0.0411. The first kappa shape index (κ1) is 44.9. The number of ether oxygens (including phenoxy) is 2. The summed E-state index contributed by atoms with van der Waals surface area (Å²) < 4.78 is 11.1. The molecule has 0 aliphatic carbocycles. The minimum absolute atomic E-state index is 0.173. The predicted octanol–water partition coefficient (Wildman–Crippen LogP) is 13.2. The number of hydrogen-bond acceptors (Lipinski definition) is 4. The minimum atomic E-state index is -0.536. The Morgan fingerprint density at radius 3 is 1.24 bits per heavy atom. The largest absolute Gasteiger partial charge is 0.457 e. The van der Waals surface area contributed by atoms with E-state index in [2.05, 4.69) is 38.2 Å². The van der Waals surface area contributed by atoms with E-state index in [1.807, 2.05) is 0 Å². The molecule has 1 N–H and O–H groups in total. The van der Waals surface area contributed by atoms with E-state index in [0.717, 1.165) is 19.3 Å². The van der Waals surface area contributed by atoms with E-state index < -0.39 is 6.10 Å². The molecule has 0 fully saturated rings. The fourth-order valence-electron chi connectivity index (χ4n) is 5.91. The van der Waals surface area contributed by atoms with Gasteiger partial charge in [0.15, 0.2) is 0 Å². The highest BCUT2D eigenvalue weighted by atomic mass is 16.6. The summed E-state index contributed by atoms with van der Waals surface area (Å²) in [6, 6.07) is 0. The van der Waals surface area contributed by atoms with Gasteiger partial charge >= 0.3 is 5.97 Å². The molecule has 4 heteroatoms. The molecule has 1 unspecified atom stereocenters. The van der Waals surface area contributed by atoms with Crippen molar-refractivity contribution in [3.63, 3.8) is 0 Å². The number of hydrogen-bond donors (Lipinski definition) is 1. The molecular weight excluding hydrogens is 568 g/mol. The van der Waals surface area contributed by atoms with Crippen molar-refractivity contribution in [1.82, 2.24) is 0 Å². The normalized spacial score (nSPS) is 12.5. The Kier molecular flexibility index (Phi) is 39.1. The van der Waals surface area contributed by atoms with Crippen LogP contribution in [0.4, 0.5) is 0 Å². The summed E-state index contributed by atoms with van der Waals surface area (Å²) in [6.07, 6.45) is 48.0. The molecule has 0 aliphatic rings. The summed E-state index contributed by atoms with van der Waals surface area (Å²) in [6.45, 7) is 5.34. The van der Waals surface area contributed by atoms with Crippen LogP contribution in [0.5, 0.6) is 0 Å². The van der Waals surface area contributed by atoms with Crippen molar-refractivity contribution in [2.45, 2.75) is 219 Å². The molecule has 272 valence electrons. The number of unbranched alkanes of at least 4 members (excludes halogenated alkanes) is 26. The molecule has 0 heterocycles. The Morgan fingerprint density at radius 1 is 0.500 bits per heavy atom. The van der Waals surface area contributed by atoms with Gasteiger partial charge in [0, 0.05) is 13.0 Å².